The van der Waals surface area contributed by atoms with Gasteiger partial charge in [-0.25, -0.2) is 9.59 Å². The van der Waals surface area contributed by atoms with E-state index in [4.69, 9.17) is 28.5 Å². The summed E-state index contributed by atoms with van der Waals surface area (Å²) in [7, 11) is 5.30. The number of esters is 2. The highest BCUT2D eigenvalue weighted by molar-refractivity contribution is 6.00. The lowest BCUT2D eigenvalue weighted by Gasteiger charge is -2.44. The Balaban J connectivity index is 1.61. The van der Waals surface area contributed by atoms with E-state index < -0.39 is 22.8 Å². The fourth-order valence-electron chi connectivity index (χ4n) is 6.20. The molecule has 2 heterocycles. The van der Waals surface area contributed by atoms with E-state index in [9.17, 15) is 19.7 Å². The van der Waals surface area contributed by atoms with E-state index in [1.165, 1.54) is 18.2 Å². The lowest BCUT2D eigenvalue weighted by atomic mass is 9.80. The zero-order chi connectivity index (χ0) is 37.0. The SMILES string of the molecule is CCOC(=O)C1=C(C)NC(C=Cc2cccc(CN3CC[N+](C)(OCOCCOC)C(OC)C3)c2)=C(C(=O)OCC)C1c1cccc([N+](=O)[O-])c1. The molecule has 0 spiro atoms. The number of benzene rings is 2. The van der Waals surface area contributed by atoms with Crippen molar-refractivity contribution in [2.75, 3.05) is 74.1 Å². The number of nitrogens with one attached hydrogen (secondary N) is 1. The van der Waals surface area contributed by atoms with E-state index >= 15 is 0 Å². The van der Waals surface area contributed by atoms with Gasteiger partial charge in [0.15, 0.2) is 0 Å². The molecule has 0 saturated carbocycles. The van der Waals surface area contributed by atoms with Crippen molar-refractivity contribution in [1.29, 1.82) is 0 Å². The van der Waals surface area contributed by atoms with Crippen LogP contribution in [-0.2, 0) is 44.7 Å². The molecule has 1 N–H and O–H groups in total. The number of carbonyl (C=O) groups is 2. The van der Waals surface area contributed by atoms with Gasteiger partial charge in [0.25, 0.3) is 5.69 Å². The van der Waals surface area contributed by atoms with Crippen molar-refractivity contribution in [2.45, 2.75) is 39.5 Å². The van der Waals surface area contributed by atoms with Crippen LogP contribution in [0.3, 0.4) is 0 Å². The van der Waals surface area contributed by atoms with Crippen molar-refractivity contribution in [3.63, 3.8) is 0 Å². The van der Waals surface area contributed by atoms with Crippen LogP contribution in [0.5, 0.6) is 0 Å². The molecule has 2 aliphatic rings. The summed E-state index contributed by atoms with van der Waals surface area (Å²) in [6, 6.07) is 14.0. The molecule has 0 bridgehead atoms. The highest BCUT2D eigenvalue weighted by Crippen LogP contribution is 2.40. The number of dihydropyridines is 1. The summed E-state index contributed by atoms with van der Waals surface area (Å²) < 4.78 is 27.5. The Morgan fingerprint density at radius 2 is 1.75 bits per heavy atom. The van der Waals surface area contributed by atoms with Crippen LogP contribution in [-0.4, -0.2) is 107 Å². The molecule has 0 radical (unpaired) electrons. The average molecular weight is 710 g/mol. The monoisotopic (exact) mass is 709 g/mol. The van der Waals surface area contributed by atoms with Crippen LogP contribution in [0.4, 0.5) is 5.69 Å². The Morgan fingerprint density at radius 3 is 2.43 bits per heavy atom. The maximum Gasteiger partial charge on any atom is 0.337 e. The minimum absolute atomic E-state index is 0.0905. The van der Waals surface area contributed by atoms with Crippen molar-refractivity contribution in [1.82, 2.24) is 10.2 Å². The van der Waals surface area contributed by atoms with Gasteiger partial charge in [0.2, 0.25) is 13.0 Å². The van der Waals surface area contributed by atoms with Crippen LogP contribution in [0.15, 0.2) is 77.1 Å². The molecule has 1 fully saturated rings. The molecule has 14 nitrogen and oxygen atoms in total. The summed E-state index contributed by atoms with van der Waals surface area (Å²) in [4.78, 5) is 46.5. The third kappa shape index (κ3) is 10.1. The molecule has 3 unspecified atom stereocenters. The Hall–Kier alpha value is -4.44. The number of methoxy groups -OCH3 is 2. The predicted molar refractivity (Wildman–Crippen MR) is 188 cm³/mol. The van der Waals surface area contributed by atoms with Gasteiger partial charge < -0.3 is 29.0 Å². The quantitative estimate of drug-likeness (QED) is 0.0619. The van der Waals surface area contributed by atoms with Crippen LogP contribution < -0.4 is 5.32 Å². The predicted octanol–water partition coefficient (Wildman–Crippen LogP) is 4.44. The molecule has 276 valence electrons. The minimum atomic E-state index is -0.979. The third-order valence-electron chi connectivity index (χ3n) is 8.82. The molecule has 1 saturated heterocycles. The zero-order valence-electron chi connectivity index (χ0n) is 30.2. The maximum atomic E-state index is 13.6. The van der Waals surface area contributed by atoms with Gasteiger partial charge in [-0.3, -0.25) is 15.0 Å². The summed E-state index contributed by atoms with van der Waals surface area (Å²) in [6.45, 7) is 9.19. The highest BCUT2D eigenvalue weighted by Gasteiger charge is 2.42. The van der Waals surface area contributed by atoms with Gasteiger partial charge in [-0.05, 0) is 43.5 Å². The number of nitro groups is 1. The van der Waals surface area contributed by atoms with E-state index in [0.29, 0.717) is 49.8 Å². The molecule has 2 aromatic carbocycles. The third-order valence-corrected chi connectivity index (χ3v) is 8.82. The smallest absolute Gasteiger partial charge is 0.337 e. The molecule has 0 aliphatic carbocycles. The summed E-state index contributed by atoms with van der Waals surface area (Å²) in [5.74, 6) is -2.27. The Bertz CT molecular complexity index is 1640. The second-order valence-corrected chi connectivity index (χ2v) is 12.3. The number of hydroxylamine groups is 3. The van der Waals surface area contributed by atoms with Crippen molar-refractivity contribution in [3.8, 4) is 0 Å². The zero-order valence-corrected chi connectivity index (χ0v) is 30.2. The Labute approximate surface area is 298 Å². The standard InChI is InChI=1S/C37H48N4O10/c1-7-49-36(42)33-26(3)38-31(35(37(43)50-8-2)34(33)29-13-10-14-30(22-29)40(44)45)16-15-27-11-9-12-28(21-27)23-39-17-18-41(4,32(24-39)47-6)51-25-48-20-19-46-5/h9-16,21-22,32,34H,7-8,17-20,23-25H2,1-6H3/p+1. The van der Waals surface area contributed by atoms with Crippen LogP contribution >= 0.6 is 0 Å². The summed E-state index contributed by atoms with van der Waals surface area (Å²) >= 11 is 0. The second-order valence-electron chi connectivity index (χ2n) is 12.3. The van der Waals surface area contributed by atoms with E-state index in [2.05, 4.69) is 22.3 Å². The number of likely N-dealkylation sites (N-methyl/N-ethyl adjacent to an activating group) is 1. The number of carbonyl (C=O) groups excluding carboxylic acids is 2. The maximum absolute atomic E-state index is 13.6. The van der Waals surface area contributed by atoms with E-state index in [0.717, 1.165) is 17.7 Å². The average Bonchev–Trinajstić information content (AvgIpc) is 3.11. The van der Waals surface area contributed by atoms with Crippen LogP contribution in [0.1, 0.15) is 43.4 Å². The molecule has 14 heteroatoms. The number of nitrogens with zero attached hydrogens (tertiary/aromatic N) is 3. The molecule has 51 heavy (non-hydrogen) atoms. The number of allylic oxidation sites excluding steroid dienone is 2. The van der Waals surface area contributed by atoms with E-state index in [1.54, 1.807) is 47.1 Å². The molecule has 2 aliphatic heterocycles. The number of non-ortho nitro benzene ring substituents is 1. The number of hydrogen-bond acceptors (Lipinski definition) is 12. The summed E-state index contributed by atoms with van der Waals surface area (Å²) in [5, 5.41) is 14.9. The topological polar surface area (TPSA) is 148 Å². The van der Waals surface area contributed by atoms with Gasteiger partial charge in [0.1, 0.15) is 13.6 Å². The van der Waals surface area contributed by atoms with E-state index in [-0.39, 0.29) is 47.7 Å². The second kappa shape index (κ2) is 18.7. The van der Waals surface area contributed by atoms with E-state index in [1.807, 2.05) is 25.3 Å². The minimum Gasteiger partial charge on any atom is -0.463 e. The molecular weight excluding hydrogens is 660 g/mol. The first-order valence-electron chi connectivity index (χ1n) is 16.9. The van der Waals surface area contributed by atoms with Gasteiger partial charge in [0.05, 0.1) is 61.5 Å². The lowest BCUT2D eigenvalue weighted by molar-refractivity contribution is -1.13. The van der Waals surface area contributed by atoms with Gasteiger partial charge >= 0.3 is 11.9 Å². The number of quaternary nitrogens is 1. The van der Waals surface area contributed by atoms with Crippen molar-refractivity contribution >= 4 is 23.7 Å². The fourth-order valence-corrected chi connectivity index (χ4v) is 6.20. The Kier molecular flexibility index (Phi) is 14.4. The van der Waals surface area contributed by atoms with Crippen LogP contribution in [0.2, 0.25) is 0 Å². The van der Waals surface area contributed by atoms with Crippen LogP contribution in [0, 0.1) is 10.1 Å². The van der Waals surface area contributed by atoms with Gasteiger partial charge in [0, 0.05) is 44.3 Å². The molecular formula is C37H49N4O10+. The number of piperazine rings is 1. The Morgan fingerprint density at radius 1 is 1.02 bits per heavy atom. The van der Waals surface area contributed by atoms with Gasteiger partial charge in [-0.15, -0.1) is 0 Å². The molecule has 0 amide bonds. The molecule has 2 aromatic rings. The largest absolute Gasteiger partial charge is 0.463 e. The molecule has 3 atom stereocenters. The number of rotatable bonds is 17. The first-order chi connectivity index (χ1) is 24.5. The summed E-state index contributed by atoms with van der Waals surface area (Å²) in [6.07, 6.45) is 3.42. The van der Waals surface area contributed by atoms with Crippen molar-refractivity contribution in [3.05, 3.63) is 104 Å². The first-order valence-corrected chi connectivity index (χ1v) is 16.9. The van der Waals surface area contributed by atoms with Crippen molar-refractivity contribution in [2.24, 2.45) is 0 Å². The molecule has 4 rings (SSSR count). The normalized spacial score (nSPS) is 21.1. The van der Waals surface area contributed by atoms with Crippen molar-refractivity contribution < 1.29 is 47.7 Å². The van der Waals surface area contributed by atoms with Crippen LogP contribution in [0.25, 0.3) is 6.08 Å². The fraction of sp³-hybridized carbons (Fsp3) is 0.459. The highest BCUT2D eigenvalue weighted by atomic mass is 16.8. The number of nitro benzene ring substituents is 1. The van der Waals surface area contributed by atoms with Gasteiger partial charge in [-0.1, -0.05) is 42.5 Å². The lowest BCUT2D eigenvalue weighted by Crippen LogP contribution is -2.63. The van der Waals surface area contributed by atoms with Gasteiger partial charge in [-0.2, -0.15) is 9.48 Å². The number of hydrogen-bond donors (Lipinski definition) is 1. The number of ether oxygens (including phenoxy) is 5. The first kappa shape index (κ1) is 39.3. The summed E-state index contributed by atoms with van der Waals surface area (Å²) in [5.41, 5.74) is 3.36. The molecule has 0 aromatic heterocycles.